The lowest BCUT2D eigenvalue weighted by Gasteiger charge is -2.38. The number of ether oxygens (including phenoxy) is 1. The first-order chi connectivity index (χ1) is 13.5. The number of hydrogen-bond acceptors (Lipinski definition) is 4. The van der Waals surface area contributed by atoms with E-state index in [1.165, 1.54) is 0 Å². The van der Waals surface area contributed by atoms with Crippen molar-refractivity contribution in [3.05, 3.63) is 70.2 Å². The van der Waals surface area contributed by atoms with E-state index in [0.717, 1.165) is 16.7 Å². The molecule has 1 saturated heterocycles. The number of aryl methyl sites for hydroxylation is 1. The molecule has 0 saturated carbocycles. The van der Waals surface area contributed by atoms with E-state index in [1.54, 1.807) is 19.1 Å². The molecule has 3 rings (SSSR count). The zero-order valence-corrected chi connectivity index (χ0v) is 17.0. The van der Waals surface area contributed by atoms with Crippen molar-refractivity contribution in [2.75, 3.05) is 32.8 Å². The normalized spacial score (nSPS) is 15.9. The van der Waals surface area contributed by atoms with Gasteiger partial charge in [0.2, 0.25) is 0 Å². The number of carbonyl (C=O) groups excluding carboxylic acids is 2. The number of carbonyl (C=O) groups is 2. The number of amides is 1. The summed E-state index contributed by atoms with van der Waals surface area (Å²) in [5.74, 6) is -0.236. The molecule has 0 aliphatic carbocycles. The molecule has 1 atom stereocenters. The predicted molar refractivity (Wildman–Crippen MR) is 109 cm³/mol. The summed E-state index contributed by atoms with van der Waals surface area (Å²) in [6, 6.07) is 14.4. The molecule has 0 bridgehead atoms. The van der Waals surface area contributed by atoms with Crippen LogP contribution in [0.25, 0.3) is 0 Å². The van der Waals surface area contributed by atoms with Crippen LogP contribution in [0.1, 0.15) is 34.5 Å². The van der Waals surface area contributed by atoms with Gasteiger partial charge in [-0.05, 0) is 43.2 Å². The molecule has 0 radical (unpaired) electrons. The van der Waals surface area contributed by atoms with Crippen molar-refractivity contribution in [2.24, 2.45) is 0 Å². The first-order valence-electron chi connectivity index (χ1n) is 9.52. The minimum atomic E-state index is -0.493. The Kier molecular flexibility index (Phi) is 6.70. The molecule has 6 heteroatoms. The lowest BCUT2D eigenvalue weighted by Crippen LogP contribution is -2.51. The summed E-state index contributed by atoms with van der Waals surface area (Å²) in [6.07, 6.45) is 0. The molecule has 1 aliphatic rings. The zero-order valence-electron chi connectivity index (χ0n) is 16.2. The van der Waals surface area contributed by atoms with Crippen LogP contribution in [-0.2, 0) is 9.53 Å². The van der Waals surface area contributed by atoms with Crippen LogP contribution in [0, 0.1) is 6.92 Å². The summed E-state index contributed by atoms with van der Waals surface area (Å²) in [7, 11) is 0. The average Bonchev–Trinajstić information content (AvgIpc) is 2.70. The van der Waals surface area contributed by atoms with Crippen LogP contribution in [0.4, 0.5) is 0 Å². The molecule has 148 valence electrons. The minimum absolute atomic E-state index is 0.0388. The fraction of sp³-hybridized carbons (Fsp3) is 0.364. The third-order valence-electron chi connectivity index (χ3n) is 5.04. The molecule has 1 unspecified atom stereocenters. The van der Waals surface area contributed by atoms with Crippen molar-refractivity contribution in [1.29, 1.82) is 0 Å². The Labute approximate surface area is 170 Å². The van der Waals surface area contributed by atoms with Gasteiger partial charge in [-0.2, -0.15) is 0 Å². The number of esters is 1. The molecule has 2 aromatic rings. The van der Waals surface area contributed by atoms with Crippen LogP contribution in [-0.4, -0.2) is 54.5 Å². The first kappa shape index (κ1) is 20.4. The van der Waals surface area contributed by atoms with E-state index in [0.29, 0.717) is 37.8 Å². The van der Waals surface area contributed by atoms with Gasteiger partial charge in [0.15, 0.2) is 0 Å². The zero-order chi connectivity index (χ0) is 20.1. The molecule has 2 aromatic carbocycles. The van der Waals surface area contributed by atoms with Crippen LogP contribution in [0.15, 0.2) is 48.5 Å². The van der Waals surface area contributed by atoms with Crippen molar-refractivity contribution in [2.45, 2.75) is 19.9 Å². The summed E-state index contributed by atoms with van der Waals surface area (Å²) < 4.78 is 5.31. The second-order valence-electron chi connectivity index (χ2n) is 6.85. The van der Waals surface area contributed by atoms with Gasteiger partial charge in [-0.25, -0.2) is 4.79 Å². The standard InChI is InChI=1S/C22H25ClN2O3/c1-3-28-22(27)20(17-8-10-18(23)11-9-17)24-12-14-25(15-13-24)21(26)19-7-5-4-6-16(19)2/h4-11,20H,3,12-15H2,1-2H3. The van der Waals surface area contributed by atoms with Crippen LogP contribution < -0.4 is 0 Å². The van der Waals surface area contributed by atoms with Crippen LogP contribution >= 0.6 is 11.6 Å². The number of rotatable bonds is 5. The fourth-order valence-electron chi connectivity index (χ4n) is 3.53. The summed E-state index contributed by atoms with van der Waals surface area (Å²) in [5, 5.41) is 0.625. The molecule has 1 aliphatic heterocycles. The fourth-order valence-corrected chi connectivity index (χ4v) is 3.65. The van der Waals surface area contributed by atoms with E-state index in [9.17, 15) is 9.59 Å². The Morgan fingerprint density at radius 1 is 1.04 bits per heavy atom. The van der Waals surface area contributed by atoms with E-state index in [1.807, 2.05) is 48.2 Å². The highest BCUT2D eigenvalue weighted by Gasteiger charge is 2.33. The van der Waals surface area contributed by atoms with Crippen molar-refractivity contribution < 1.29 is 14.3 Å². The monoisotopic (exact) mass is 400 g/mol. The smallest absolute Gasteiger partial charge is 0.328 e. The van der Waals surface area contributed by atoms with Crippen molar-refractivity contribution in [1.82, 2.24) is 9.80 Å². The molecule has 28 heavy (non-hydrogen) atoms. The van der Waals surface area contributed by atoms with E-state index in [4.69, 9.17) is 16.3 Å². The number of benzene rings is 2. The second-order valence-corrected chi connectivity index (χ2v) is 7.29. The number of piperazine rings is 1. The molecule has 0 N–H and O–H groups in total. The quantitative estimate of drug-likeness (QED) is 0.718. The Bertz CT molecular complexity index is 830. The largest absolute Gasteiger partial charge is 0.465 e. The highest BCUT2D eigenvalue weighted by molar-refractivity contribution is 6.30. The molecular formula is C22H25ClN2O3. The average molecular weight is 401 g/mol. The summed E-state index contributed by atoms with van der Waals surface area (Å²) in [5.41, 5.74) is 2.55. The van der Waals surface area contributed by atoms with Crippen LogP contribution in [0.3, 0.4) is 0 Å². The summed E-state index contributed by atoms with van der Waals surface area (Å²) >= 11 is 5.99. The number of nitrogens with zero attached hydrogens (tertiary/aromatic N) is 2. The van der Waals surface area contributed by atoms with Gasteiger partial charge >= 0.3 is 5.97 Å². The summed E-state index contributed by atoms with van der Waals surface area (Å²) in [4.78, 5) is 29.4. The van der Waals surface area contributed by atoms with E-state index >= 15 is 0 Å². The predicted octanol–water partition coefficient (Wildman–Crippen LogP) is 3.71. The van der Waals surface area contributed by atoms with Crippen LogP contribution in [0.5, 0.6) is 0 Å². The Balaban J connectivity index is 1.73. The van der Waals surface area contributed by atoms with Gasteiger partial charge in [-0.1, -0.05) is 41.9 Å². The number of halogens is 1. The molecular weight excluding hydrogens is 376 g/mol. The molecule has 1 heterocycles. The van der Waals surface area contributed by atoms with Crippen molar-refractivity contribution >= 4 is 23.5 Å². The van der Waals surface area contributed by atoms with Gasteiger partial charge in [0.1, 0.15) is 6.04 Å². The van der Waals surface area contributed by atoms with Crippen molar-refractivity contribution in [3.63, 3.8) is 0 Å². The minimum Gasteiger partial charge on any atom is -0.465 e. The molecule has 0 aromatic heterocycles. The highest BCUT2D eigenvalue weighted by atomic mass is 35.5. The molecule has 1 amide bonds. The summed E-state index contributed by atoms with van der Waals surface area (Å²) in [6.45, 7) is 6.41. The van der Waals surface area contributed by atoms with Crippen LogP contribution in [0.2, 0.25) is 5.02 Å². The van der Waals surface area contributed by atoms with Gasteiger partial charge in [0.25, 0.3) is 5.91 Å². The van der Waals surface area contributed by atoms with Gasteiger partial charge in [-0.3, -0.25) is 9.69 Å². The SMILES string of the molecule is CCOC(=O)C(c1ccc(Cl)cc1)N1CCN(C(=O)c2ccccc2C)CC1. The maximum absolute atomic E-state index is 12.8. The maximum atomic E-state index is 12.8. The molecule has 1 fully saturated rings. The van der Waals surface area contributed by atoms with Gasteiger partial charge < -0.3 is 9.64 Å². The Hall–Kier alpha value is -2.37. The lowest BCUT2D eigenvalue weighted by atomic mass is 10.0. The topological polar surface area (TPSA) is 49.9 Å². The molecule has 5 nitrogen and oxygen atoms in total. The maximum Gasteiger partial charge on any atom is 0.328 e. The van der Waals surface area contributed by atoms with Gasteiger partial charge in [-0.15, -0.1) is 0 Å². The van der Waals surface area contributed by atoms with E-state index in [-0.39, 0.29) is 11.9 Å². The Morgan fingerprint density at radius 2 is 1.68 bits per heavy atom. The van der Waals surface area contributed by atoms with E-state index < -0.39 is 6.04 Å². The lowest BCUT2D eigenvalue weighted by molar-refractivity contribution is -0.150. The molecule has 0 spiro atoms. The third kappa shape index (κ3) is 4.54. The third-order valence-corrected chi connectivity index (χ3v) is 5.29. The van der Waals surface area contributed by atoms with Gasteiger partial charge in [0.05, 0.1) is 6.61 Å². The van der Waals surface area contributed by atoms with Crippen molar-refractivity contribution in [3.8, 4) is 0 Å². The number of hydrogen-bond donors (Lipinski definition) is 0. The van der Waals surface area contributed by atoms with E-state index in [2.05, 4.69) is 4.90 Å². The highest BCUT2D eigenvalue weighted by Crippen LogP contribution is 2.26. The second kappa shape index (κ2) is 9.22. The van der Waals surface area contributed by atoms with Gasteiger partial charge in [0, 0.05) is 36.8 Å². The Morgan fingerprint density at radius 3 is 2.29 bits per heavy atom. The first-order valence-corrected chi connectivity index (χ1v) is 9.90.